The summed E-state index contributed by atoms with van der Waals surface area (Å²) in [5.41, 5.74) is -4.03. The highest BCUT2D eigenvalue weighted by molar-refractivity contribution is 6.01. The van der Waals surface area contributed by atoms with Gasteiger partial charge in [0.2, 0.25) is 11.6 Å². The summed E-state index contributed by atoms with van der Waals surface area (Å²) in [5, 5.41) is 10.9. The summed E-state index contributed by atoms with van der Waals surface area (Å²) in [6, 6.07) is 13.7. The number of halogens is 10. The van der Waals surface area contributed by atoms with Crippen molar-refractivity contribution < 1.29 is 49.0 Å². The van der Waals surface area contributed by atoms with Gasteiger partial charge in [-0.1, -0.05) is 18.2 Å². The van der Waals surface area contributed by atoms with Crippen LogP contribution in [0.5, 0.6) is 5.75 Å². The zero-order valence-electron chi connectivity index (χ0n) is 25.6. The number of benzene rings is 3. The number of para-hydroxylation sites is 1. The summed E-state index contributed by atoms with van der Waals surface area (Å²) in [7, 11) is 0. The number of phenolic OH excluding ortho intramolecular Hbond substituents is 1. The molecule has 3 aromatic carbocycles. The first-order chi connectivity index (χ1) is 24.9. The lowest BCUT2D eigenvalue weighted by atomic mass is 10.0. The smallest absolute Gasteiger partial charge is 0.200 e. The monoisotopic (exact) mass is 722 g/mol. The van der Waals surface area contributed by atoms with Gasteiger partial charge in [-0.15, -0.1) is 0 Å². The Morgan fingerprint density at radius 3 is 1.23 bits per heavy atom. The second-order valence-electron chi connectivity index (χ2n) is 11.6. The summed E-state index contributed by atoms with van der Waals surface area (Å²) in [6.45, 7) is 0. The van der Waals surface area contributed by atoms with Gasteiger partial charge in [0.1, 0.15) is 5.75 Å². The average molecular weight is 723 g/mol. The van der Waals surface area contributed by atoms with Crippen LogP contribution in [0.4, 0.5) is 43.9 Å². The van der Waals surface area contributed by atoms with Crippen molar-refractivity contribution in [2.24, 2.45) is 0 Å². The van der Waals surface area contributed by atoms with Crippen molar-refractivity contribution in [3.8, 4) is 39.1 Å². The topological polar surface area (TPSA) is 80.5 Å². The highest BCUT2D eigenvalue weighted by atomic mass is 19.2. The van der Waals surface area contributed by atoms with Crippen molar-refractivity contribution in [2.45, 2.75) is 0 Å². The third-order valence-electron chi connectivity index (χ3n) is 8.67. The number of aromatic nitrogens is 4. The molecule has 1 aliphatic rings. The number of aromatic amines is 3. The number of hydrogen-bond donors (Lipinski definition) is 4. The highest BCUT2D eigenvalue weighted by Gasteiger charge is 2.31. The van der Waals surface area contributed by atoms with Crippen molar-refractivity contribution in [1.29, 1.82) is 0 Å². The lowest BCUT2D eigenvalue weighted by Gasteiger charge is -2.10. The van der Waals surface area contributed by atoms with Gasteiger partial charge in [0.15, 0.2) is 46.5 Å². The van der Waals surface area contributed by atoms with E-state index in [9.17, 15) is 31.4 Å². The van der Waals surface area contributed by atoms with Crippen molar-refractivity contribution in [3.05, 3.63) is 130 Å². The maximum atomic E-state index is 15.5. The van der Waals surface area contributed by atoms with E-state index in [0.29, 0.717) is 0 Å². The van der Waals surface area contributed by atoms with Crippen LogP contribution in [0, 0.1) is 58.2 Å². The van der Waals surface area contributed by atoms with E-state index < -0.39 is 80.4 Å². The first kappa shape index (κ1) is 32.7. The number of rotatable bonds is 3. The van der Waals surface area contributed by atoms with Gasteiger partial charge in [-0.05, 0) is 54.6 Å². The van der Waals surface area contributed by atoms with Gasteiger partial charge in [0.25, 0.3) is 0 Å². The number of fused-ring (bicyclic) bond motifs is 9. The molecule has 5 heterocycles. The molecule has 0 saturated carbocycles. The maximum Gasteiger partial charge on any atom is 0.200 e. The first-order valence-electron chi connectivity index (χ1n) is 15.0. The molecule has 0 spiro atoms. The summed E-state index contributed by atoms with van der Waals surface area (Å²) in [4.78, 5) is 13.0. The van der Waals surface area contributed by atoms with E-state index in [4.69, 9.17) is 0 Å². The summed E-state index contributed by atoms with van der Waals surface area (Å²) in [6.07, 6.45) is 2.52. The molecule has 0 saturated heterocycles. The highest BCUT2D eigenvalue weighted by Crippen LogP contribution is 2.41. The number of nitrogens with zero attached hydrogens (tertiary/aromatic N) is 1. The third kappa shape index (κ3) is 4.76. The van der Waals surface area contributed by atoms with E-state index in [-0.39, 0.29) is 61.4 Å². The molecular formula is C37H16F10N4O. The quantitative estimate of drug-likeness (QED) is 0.0832. The SMILES string of the molecule is Oc1ccccc1-c1c2ccc([nH]2)c(-c2c(F)c(F)c(F)c(F)c2F)c2nc(c3ccc([nH]3)c(-c3c(F)c(F)c(F)c(F)c3F)c3ccc1[nH]3)C=C2. The Balaban J connectivity index is 1.61. The Hall–Kier alpha value is -6.51. The van der Waals surface area contributed by atoms with E-state index in [2.05, 4.69) is 19.9 Å². The van der Waals surface area contributed by atoms with Crippen LogP contribution in [0.2, 0.25) is 0 Å². The van der Waals surface area contributed by atoms with Gasteiger partial charge in [0, 0.05) is 49.8 Å². The Labute approximate surface area is 283 Å². The van der Waals surface area contributed by atoms with E-state index in [1.807, 2.05) is 0 Å². The predicted molar refractivity (Wildman–Crippen MR) is 173 cm³/mol. The molecule has 15 heteroatoms. The van der Waals surface area contributed by atoms with E-state index in [0.717, 1.165) is 0 Å². The lowest BCUT2D eigenvalue weighted by Crippen LogP contribution is -2.05. The molecule has 0 fully saturated rings. The molecule has 8 rings (SSSR count). The van der Waals surface area contributed by atoms with Gasteiger partial charge in [-0.3, -0.25) is 0 Å². The lowest BCUT2D eigenvalue weighted by molar-refractivity contribution is 0.381. The van der Waals surface area contributed by atoms with Crippen LogP contribution in [0.1, 0.15) is 11.4 Å². The van der Waals surface area contributed by atoms with Crippen molar-refractivity contribution in [3.63, 3.8) is 0 Å². The molecule has 8 bridgehead atoms. The molecular weight excluding hydrogens is 706 g/mol. The number of phenols is 1. The summed E-state index contributed by atoms with van der Waals surface area (Å²) >= 11 is 0. The van der Waals surface area contributed by atoms with Gasteiger partial charge < -0.3 is 20.1 Å². The number of hydrogen-bond acceptors (Lipinski definition) is 2. The molecule has 260 valence electrons. The van der Waals surface area contributed by atoms with Crippen LogP contribution in [-0.2, 0) is 0 Å². The molecule has 0 unspecified atom stereocenters. The van der Waals surface area contributed by atoms with Gasteiger partial charge in [-0.2, -0.15) is 0 Å². The fourth-order valence-electron chi connectivity index (χ4n) is 6.30. The fourth-order valence-corrected chi connectivity index (χ4v) is 6.30. The van der Waals surface area contributed by atoms with Gasteiger partial charge >= 0.3 is 0 Å². The Morgan fingerprint density at radius 2 is 0.731 bits per heavy atom. The molecule has 4 aromatic heterocycles. The van der Waals surface area contributed by atoms with Crippen LogP contribution < -0.4 is 0 Å². The fraction of sp³-hybridized carbons (Fsp3) is 0. The molecule has 1 aliphatic heterocycles. The van der Waals surface area contributed by atoms with Crippen molar-refractivity contribution in [2.75, 3.05) is 0 Å². The summed E-state index contributed by atoms with van der Waals surface area (Å²) < 4.78 is 149. The molecule has 5 nitrogen and oxygen atoms in total. The average Bonchev–Trinajstić information content (AvgIpc) is 3.97. The van der Waals surface area contributed by atoms with Crippen molar-refractivity contribution in [1.82, 2.24) is 19.9 Å². The van der Waals surface area contributed by atoms with E-state index in [1.165, 1.54) is 66.7 Å². The molecule has 7 aromatic rings. The van der Waals surface area contributed by atoms with Crippen LogP contribution in [0.15, 0.2) is 60.7 Å². The van der Waals surface area contributed by atoms with Gasteiger partial charge in [0.05, 0.1) is 28.0 Å². The minimum Gasteiger partial charge on any atom is -0.507 e. The van der Waals surface area contributed by atoms with Crippen LogP contribution in [0.3, 0.4) is 0 Å². The minimum absolute atomic E-state index is 0.00494. The first-order valence-corrected chi connectivity index (χ1v) is 15.0. The molecule has 52 heavy (non-hydrogen) atoms. The normalized spacial score (nSPS) is 12.0. The molecule has 0 radical (unpaired) electrons. The minimum atomic E-state index is -2.38. The standard InChI is InChI=1S/C37H16F10N4O/c38-28-26(29(39)33(43)36(46)32(28)42)24-18-7-5-14(48-18)15-6-8-19(49-15)25(27-30(40)34(44)37(47)35(45)31(27)41)21-12-10-17(51-21)23(16-9-11-20(24)50-16)13-3-1-2-4-22(13)52/h1-12,48,50-52H. The predicted octanol–water partition coefficient (Wildman–Crippen LogP) is 10.8. The maximum absolute atomic E-state index is 15.5. The Morgan fingerprint density at radius 1 is 0.365 bits per heavy atom. The second kappa shape index (κ2) is 11.8. The number of aromatic hydroxyl groups is 1. The molecule has 0 atom stereocenters. The Kier molecular flexibility index (Phi) is 7.41. The molecule has 4 N–H and O–H groups in total. The van der Waals surface area contributed by atoms with Crippen LogP contribution in [0.25, 0.3) is 78.6 Å². The zero-order chi connectivity index (χ0) is 36.7. The zero-order valence-corrected chi connectivity index (χ0v) is 25.6. The number of H-pyrrole nitrogens is 3. The third-order valence-corrected chi connectivity index (χ3v) is 8.67. The van der Waals surface area contributed by atoms with Crippen molar-refractivity contribution >= 4 is 45.3 Å². The molecule has 0 amide bonds. The van der Waals surface area contributed by atoms with Crippen LogP contribution in [-0.4, -0.2) is 25.0 Å². The van der Waals surface area contributed by atoms with E-state index >= 15 is 17.6 Å². The van der Waals surface area contributed by atoms with Crippen LogP contribution >= 0.6 is 0 Å². The molecule has 0 aliphatic carbocycles. The Bertz CT molecular complexity index is 2780. The second-order valence-corrected chi connectivity index (χ2v) is 11.6. The number of nitrogens with one attached hydrogen (secondary N) is 3. The van der Waals surface area contributed by atoms with E-state index in [1.54, 1.807) is 6.07 Å². The summed E-state index contributed by atoms with van der Waals surface area (Å²) in [5.74, 6) is -22.4. The van der Waals surface area contributed by atoms with Gasteiger partial charge in [-0.25, -0.2) is 48.9 Å². The largest absolute Gasteiger partial charge is 0.507 e.